The average Bonchev–Trinajstić information content (AvgIpc) is 2.34. The maximum Gasteiger partial charge on any atom is 0.146 e. The van der Waals surface area contributed by atoms with Gasteiger partial charge in [0, 0.05) is 10.6 Å². The van der Waals surface area contributed by atoms with Crippen LogP contribution in [-0.2, 0) is 5.88 Å². The highest BCUT2D eigenvalue weighted by molar-refractivity contribution is 6.32. The zero-order valence-corrected chi connectivity index (χ0v) is 12.0. The van der Waals surface area contributed by atoms with Crippen molar-refractivity contribution in [2.75, 3.05) is 0 Å². The van der Waals surface area contributed by atoms with Gasteiger partial charge < -0.3 is 4.74 Å². The van der Waals surface area contributed by atoms with Gasteiger partial charge in [0.05, 0.1) is 10.9 Å². The molecule has 0 spiro atoms. The van der Waals surface area contributed by atoms with Gasteiger partial charge in [-0.05, 0) is 42.8 Å². The molecular weight excluding hydrogens is 291 g/mol. The molecule has 0 saturated heterocycles. The fourth-order valence-electron chi connectivity index (χ4n) is 1.56. The van der Waals surface area contributed by atoms with Gasteiger partial charge in [0.15, 0.2) is 0 Å². The zero-order valence-electron chi connectivity index (χ0n) is 9.71. The average molecular weight is 302 g/mol. The normalized spacial score (nSPS) is 10.4. The van der Waals surface area contributed by atoms with Crippen molar-refractivity contribution in [2.45, 2.75) is 12.8 Å². The summed E-state index contributed by atoms with van der Waals surface area (Å²) in [5.41, 5.74) is 1.92. The summed E-state index contributed by atoms with van der Waals surface area (Å²) in [5.74, 6) is 1.61. The number of hydrogen-bond acceptors (Lipinski definition) is 1. The van der Waals surface area contributed by atoms with E-state index in [2.05, 4.69) is 0 Å². The summed E-state index contributed by atoms with van der Waals surface area (Å²) in [6.45, 7) is 1.97. The topological polar surface area (TPSA) is 9.23 Å². The maximum absolute atomic E-state index is 6.12. The van der Waals surface area contributed by atoms with E-state index in [4.69, 9.17) is 39.5 Å². The smallest absolute Gasteiger partial charge is 0.146 e. The molecule has 94 valence electrons. The van der Waals surface area contributed by atoms with Gasteiger partial charge in [-0.1, -0.05) is 29.3 Å². The summed E-state index contributed by atoms with van der Waals surface area (Å²) < 4.78 is 5.77. The highest BCUT2D eigenvalue weighted by atomic mass is 35.5. The minimum absolute atomic E-state index is 0.333. The summed E-state index contributed by atoms with van der Waals surface area (Å²) in [6.07, 6.45) is 0. The van der Waals surface area contributed by atoms with Crippen LogP contribution in [-0.4, -0.2) is 0 Å². The van der Waals surface area contributed by atoms with Crippen LogP contribution in [0.1, 0.15) is 11.1 Å². The monoisotopic (exact) mass is 300 g/mol. The highest BCUT2D eigenvalue weighted by Crippen LogP contribution is 2.33. The number of benzene rings is 2. The van der Waals surface area contributed by atoms with Crippen molar-refractivity contribution in [3.05, 3.63) is 57.6 Å². The number of rotatable bonds is 3. The minimum atomic E-state index is 0.333. The Kier molecular flexibility index (Phi) is 4.39. The molecule has 2 rings (SSSR count). The standard InChI is InChI=1S/C14H11Cl3O/c1-9-2-4-14(12(17)6-9)18-13-5-3-11(16)7-10(13)8-15/h2-7H,8H2,1H3. The van der Waals surface area contributed by atoms with Gasteiger partial charge in [-0.3, -0.25) is 0 Å². The summed E-state index contributed by atoms with van der Waals surface area (Å²) in [6, 6.07) is 11.0. The zero-order chi connectivity index (χ0) is 13.1. The molecule has 0 bridgehead atoms. The van der Waals surface area contributed by atoms with E-state index >= 15 is 0 Å². The molecule has 0 fully saturated rings. The molecule has 0 heterocycles. The van der Waals surface area contributed by atoms with Crippen LogP contribution in [0.15, 0.2) is 36.4 Å². The van der Waals surface area contributed by atoms with Crippen LogP contribution >= 0.6 is 34.8 Å². The Hall–Kier alpha value is -0.890. The Morgan fingerprint density at radius 1 is 1.00 bits per heavy atom. The second-order valence-electron chi connectivity index (χ2n) is 3.92. The lowest BCUT2D eigenvalue weighted by Gasteiger charge is -2.11. The Morgan fingerprint density at radius 2 is 1.72 bits per heavy atom. The van der Waals surface area contributed by atoms with E-state index in [1.165, 1.54) is 0 Å². The fourth-order valence-corrected chi connectivity index (χ4v) is 2.24. The minimum Gasteiger partial charge on any atom is -0.455 e. The SMILES string of the molecule is Cc1ccc(Oc2ccc(Cl)cc2CCl)c(Cl)c1. The van der Waals surface area contributed by atoms with Crippen LogP contribution in [0.25, 0.3) is 0 Å². The fraction of sp³-hybridized carbons (Fsp3) is 0.143. The lowest BCUT2D eigenvalue weighted by atomic mass is 10.2. The molecule has 0 radical (unpaired) electrons. The summed E-state index contributed by atoms with van der Waals surface area (Å²) in [4.78, 5) is 0. The van der Waals surface area contributed by atoms with E-state index in [9.17, 15) is 0 Å². The summed E-state index contributed by atoms with van der Waals surface area (Å²) in [7, 11) is 0. The van der Waals surface area contributed by atoms with Crippen molar-refractivity contribution in [3.8, 4) is 11.5 Å². The first-order valence-corrected chi connectivity index (χ1v) is 6.67. The number of alkyl halides is 1. The van der Waals surface area contributed by atoms with Crippen molar-refractivity contribution in [1.29, 1.82) is 0 Å². The van der Waals surface area contributed by atoms with Gasteiger partial charge in [-0.25, -0.2) is 0 Å². The molecule has 18 heavy (non-hydrogen) atoms. The summed E-state index contributed by atoms with van der Waals surface area (Å²) in [5, 5.41) is 1.21. The van der Waals surface area contributed by atoms with Crippen molar-refractivity contribution < 1.29 is 4.74 Å². The van der Waals surface area contributed by atoms with Crippen LogP contribution in [0.2, 0.25) is 10.0 Å². The molecule has 0 atom stereocenters. The van der Waals surface area contributed by atoms with E-state index in [1.807, 2.05) is 25.1 Å². The molecule has 0 aliphatic rings. The van der Waals surface area contributed by atoms with Crippen LogP contribution in [0.4, 0.5) is 0 Å². The van der Waals surface area contributed by atoms with E-state index in [-0.39, 0.29) is 0 Å². The van der Waals surface area contributed by atoms with E-state index < -0.39 is 0 Å². The third kappa shape index (κ3) is 3.11. The van der Waals surface area contributed by atoms with Crippen molar-refractivity contribution in [3.63, 3.8) is 0 Å². The van der Waals surface area contributed by atoms with Gasteiger partial charge in [0.1, 0.15) is 11.5 Å². The number of aryl methyl sites for hydroxylation is 1. The third-order valence-corrected chi connectivity index (χ3v) is 3.29. The van der Waals surface area contributed by atoms with E-state index in [1.54, 1.807) is 18.2 Å². The van der Waals surface area contributed by atoms with Gasteiger partial charge in [0.25, 0.3) is 0 Å². The number of ether oxygens (including phenoxy) is 1. The molecule has 1 nitrogen and oxygen atoms in total. The molecule has 0 amide bonds. The Bertz CT molecular complexity index is 567. The first-order chi connectivity index (χ1) is 8.60. The Labute approximate surface area is 121 Å². The predicted molar refractivity (Wildman–Crippen MR) is 77.3 cm³/mol. The second kappa shape index (κ2) is 5.83. The lowest BCUT2D eigenvalue weighted by Crippen LogP contribution is -1.90. The number of hydrogen-bond donors (Lipinski definition) is 0. The molecule has 0 aliphatic carbocycles. The van der Waals surface area contributed by atoms with Gasteiger partial charge in [0.2, 0.25) is 0 Å². The van der Waals surface area contributed by atoms with Gasteiger partial charge in [-0.15, -0.1) is 11.6 Å². The van der Waals surface area contributed by atoms with Crippen LogP contribution < -0.4 is 4.74 Å². The third-order valence-electron chi connectivity index (χ3n) is 2.47. The predicted octanol–water partition coefficient (Wildman–Crippen LogP) is 5.83. The van der Waals surface area contributed by atoms with Crippen LogP contribution in [0.5, 0.6) is 11.5 Å². The highest BCUT2D eigenvalue weighted by Gasteiger charge is 2.08. The van der Waals surface area contributed by atoms with Crippen molar-refractivity contribution >= 4 is 34.8 Å². The molecule has 0 saturated carbocycles. The first kappa shape index (κ1) is 13.5. The molecule has 0 N–H and O–H groups in total. The number of halogens is 3. The van der Waals surface area contributed by atoms with Gasteiger partial charge in [-0.2, -0.15) is 0 Å². The van der Waals surface area contributed by atoms with Crippen molar-refractivity contribution in [2.24, 2.45) is 0 Å². The first-order valence-electron chi connectivity index (χ1n) is 5.38. The Balaban J connectivity index is 2.33. The molecular formula is C14H11Cl3O. The van der Waals surface area contributed by atoms with E-state index in [0.717, 1.165) is 11.1 Å². The maximum atomic E-state index is 6.12. The lowest BCUT2D eigenvalue weighted by molar-refractivity contribution is 0.478. The summed E-state index contributed by atoms with van der Waals surface area (Å²) >= 11 is 17.9. The molecule has 2 aromatic rings. The van der Waals surface area contributed by atoms with Crippen LogP contribution in [0.3, 0.4) is 0 Å². The Morgan fingerprint density at radius 3 is 2.39 bits per heavy atom. The molecule has 2 aromatic carbocycles. The second-order valence-corrected chi connectivity index (χ2v) is 5.03. The van der Waals surface area contributed by atoms with Crippen molar-refractivity contribution in [1.82, 2.24) is 0 Å². The van der Waals surface area contributed by atoms with Gasteiger partial charge >= 0.3 is 0 Å². The quantitative estimate of drug-likeness (QED) is 0.648. The van der Waals surface area contributed by atoms with Crippen LogP contribution in [0, 0.1) is 6.92 Å². The molecule has 0 aliphatic heterocycles. The molecule has 0 aromatic heterocycles. The molecule has 0 unspecified atom stereocenters. The molecule has 4 heteroatoms. The van der Waals surface area contributed by atoms with E-state index in [0.29, 0.717) is 27.4 Å². The largest absolute Gasteiger partial charge is 0.455 e.